The minimum Gasteiger partial charge on any atom is -0.485 e. The minimum absolute atomic E-state index is 0.0925. The molecule has 1 aromatic rings. The molecule has 0 bridgehead atoms. The van der Waals surface area contributed by atoms with Crippen LogP contribution in [0.15, 0.2) is 18.2 Å². The molecule has 4 fully saturated rings. The fourth-order valence-corrected chi connectivity index (χ4v) is 4.94. The van der Waals surface area contributed by atoms with Crippen molar-refractivity contribution in [3.63, 3.8) is 0 Å². The van der Waals surface area contributed by atoms with Crippen LogP contribution in [0.4, 0.5) is 4.39 Å². The van der Waals surface area contributed by atoms with Gasteiger partial charge in [-0.3, -0.25) is 4.90 Å². The van der Waals surface area contributed by atoms with Crippen molar-refractivity contribution in [2.45, 2.75) is 42.9 Å². The molecule has 1 N–H and O–H groups in total. The summed E-state index contributed by atoms with van der Waals surface area (Å²) in [7, 11) is 0. The van der Waals surface area contributed by atoms with E-state index in [1.165, 1.54) is 6.07 Å². The van der Waals surface area contributed by atoms with E-state index >= 15 is 0 Å². The highest BCUT2D eigenvalue weighted by molar-refractivity contribution is 5.37. The first kappa shape index (κ1) is 18.8. The van der Waals surface area contributed by atoms with Gasteiger partial charge in [0.05, 0.1) is 25.4 Å². The Morgan fingerprint density at radius 1 is 1.11 bits per heavy atom. The lowest BCUT2D eigenvalue weighted by Gasteiger charge is -2.40. The summed E-state index contributed by atoms with van der Waals surface area (Å²) in [6.07, 6.45) is 3.01. The second kappa shape index (κ2) is 7.88. The van der Waals surface area contributed by atoms with Gasteiger partial charge in [-0.05, 0) is 56.5 Å². The smallest absolute Gasteiger partial charge is 0.147 e. The normalized spacial score (nSPS) is 29.1. The molecule has 0 aromatic heterocycles. The monoisotopic (exact) mass is 392 g/mol. The molecule has 0 amide bonds. The van der Waals surface area contributed by atoms with Gasteiger partial charge in [-0.25, -0.2) is 4.39 Å². The summed E-state index contributed by atoms with van der Waals surface area (Å²) < 4.78 is 36.8. The number of piperidine rings is 1. The molecule has 154 valence electrons. The standard InChI is InChI=1S/C21H29FN2O4/c22-16-1-2-20(28-18-10-25-14-26-11-18)19(7-16)15-3-5-24(6-4-15)17-8-21(27-9-17)12-23-13-21/h1-2,7,15,17-18,23H,3-6,8-14H2/t17-/m0/s1. The van der Waals surface area contributed by atoms with E-state index in [1.807, 2.05) is 0 Å². The maximum atomic E-state index is 14.0. The topological polar surface area (TPSA) is 52.2 Å². The Morgan fingerprint density at radius 3 is 2.57 bits per heavy atom. The molecular formula is C21H29FN2O4. The third-order valence-electron chi connectivity index (χ3n) is 6.61. The summed E-state index contributed by atoms with van der Waals surface area (Å²) in [6.45, 7) is 6.18. The molecule has 1 aromatic carbocycles. The van der Waals surface area contributed by atoms with E-state index in [9.17, 15) is 4.39 Å². The quantitative estimate of drug-likeness (QED) is 0.845. The number of rotatable bonds is 4. The molecule has 4 aliphatic heterocycles. The van der Waals surface area contributed by atoms with Gasteiger partial charge >= 0.3 is 0 Å². The highest BCUT2D eigenvalue weighted by Crippen LogP contribution is 2.38. The van der Waals surface area contributed by atoms with Gasteiger partial charge < -0.3 is 24.3 Å². The summed E-state index contributed by atoms with van der Waals surface area (Å²) in [6, 6.07) is 5.39. The van der Waals surface area contributed by atoms with Gasteiger partial charge in [-0.15, -0.1) is 0 Å². The van der Waals surface area contributed by atoms with Crippen molar-refractivity contribution in [1.29, 1.82) is 0 Å². The van der Waals surface area contributed by atoms with Crippen LogP contribution in [-0.2, 0) is 14.2 Å². The summed E-state index contributed by atoms with van der Waals surface area (Å²) in [5.41, 5.74) is 1.07. The van der Waals surface area contributed by atoms with Crippen LogP contribution < -0.4 is 10.1 Å². The Morgan fingerprint density at radius 2 is 1.89 bits per heavy atom. The molecule has 28 heavy (non-hydrogen) atoms. The van der Waals surface area contributed by atoms with Crippen molar-refractivity contribution < 1.29 is 23.3 Å². The van der Waals surface area contributed by atoms with Crippen LogP contribution in [0.25, 0.3) is 0 Å². The van der Waals surface area contributed by atoms with Gasteiger partial charge in [-0.2, -0.15) is 0 Å². The van der Waals surface area contributed by atoms with Gasteiger partial charge in [-0.1, -0.05) is 0 Å². The SMILES string of the molecule is Fc1ccc(OC2COCOC2)c(C2CCN([C@@H]3COC4(CNC4)C3)CC2)c1. The molecule has 4 heterocycles. The molecule has 1 spiro atoms. The number of nitrogens with one attached hydrogen (secondary N) is 1. The first-order chi connectivity index (χ1) is 13.7. The lowest BCUT2D eigenvalue weighted by molar-refractivity contribution is -0.143. The van der Waals surface area contributed by atoms with E-state index in [0.717, 1.165) is 63.4 Å². The summed E-state index contributed by atoms with van der Waals surface area (Å²) in [5, 5.41) is 3.33. The fourth-order valence-electron chi connectivity index (χ4n) is 4.94. The number of hydrogen-bond acceptors (Lipinski definition) is 6. The van der Waals surface area contributed by atoms with Crippen LogP contribution in [0.3, 0.4) is 0 Å². The minimum atomic E-state index is -0.204. The predicted molar refractivity (Wildman–Crippen MR) is 101 cm³/mol. The van der Waals surface area contributed by atoms with Gasteiger partial charge in [0.1, 0.15) is 24.5 Å². The molecule has 4 aliphatic rings. The van der Waals surface area contributed by atoms with Crippen LogP contribution in [0.1, 0.15) is 30.7 Å². The number of benzene rings is 1. The Balaban J connectivity index is 1.22. The third kappa shape index (κ3) is 3.78. The Hall–Kier alpha value is -1.25. The van der Waals surface area contributed by atoms with Crippen molar-refractivity contribution in [3.8, 4) is 5.75 Å². The van der Waals surface area contributed by atoms with E-state index in [-0.39, 0.29) is 17.5 Å². The van der Waals surface area contributed by atoms with Crippen molar-refractivity contribution in [3.05, 3.63) is 29.6 Å². The first-order valence-electron chi connectivity index (χ1n) is 10.4. The molecule has 7 heteroatoms. The number of likely N-dealkylation sites (tertiary alicyclic amines) is 1. The van der Waals surface area contributed by atoms with Gasteiger partial charge in [0.2, 0.25) is 0 Å². The average Bonchev–Trinajstić information content (AvgIpc) is 3.17. The molecule has 6 nitrogen and oxygen atoms in total. The number of nitrogens with zero attached hydrogens (tertiary/aromatic N) is 1. The van der Waals surface area contributed by atoms with E-state index in [4.69, 9.17) is 18.9 Å². The zero-order valence-corrected chi connectivity index (χ0v) is 16.2. The van der Waals surface area contributed by atoms with Gasteiger partial charge in [0.15, 0.2) is 0 Å². The third-order valence-corrected chi connectivity index (χ3v) is 6.61. The molecule has 0 aliphatic carbocycles. The van der Waals surface area contributed by atoms with E-state index < -0.39 is 0 Å². The molecular weight excluding hydrogens is 363 g/mol. The number of ether oxygens (including phenoxy) is 4. The maximum Gasteiger partial charge on any atom is 0.147 e. The van der Waals surface area contributed by atoms with Crippen LogP contribution in [-0.4, -0.2) is 75.4 Å². The molecule has 0 unspecified atom stereocenters. The first-order valence-corrected chi connectivity index (χ1v) is 10.4. The highest BCUT2D eigenvalue weighted by Gasteiger charge is 2.47. The van der Waals surface area contributed by atoms with Crippen LogP contribution in [0.5, 0.6) is 5.75 Å². The maximum absolute atomic E-state index is 14.0. The van der Waals surface area contributed by atoms with Crippen molar-refractivity contribution >= 4 is 0 Å². The second-order valence-corrected chi connectivity index (χ2v) is 8.55. The van der Waals surface area contributed by atoms with Crippen LogP contribution in [0.2, 0.25) is 0 Å². The second-order valence-electron chi connectivity index (χ2n) is 8.55. The molecule has 5 rings (SSSR count). The lowest BCUT2D eigenvalue weighted by Crippen LogP contribution is -2.59. The number of hydrogen-bond donors (Lipinski definition) is 1. The van der Waals surface area contributed by atoms with E-state index in [2.05, 4.69) is 10.2 Å². The van der Waals surface area contributed by atoms with Gasteiger partial charge in [0, 0.05) is 24.7 Å². The van der Waals surface area contributed by atoms with E-state index in [1.54, 1.807) is 12.1 Å². The highest BCUT2D eigenvalue weighted by atomic mass is 19.1. The fraction of sp³-hybridized carbons (Fsp3) is 0.714. The van der Waals surface area contributed by atoms with E-state index in [0.29, 0.717) is 32.0 Å². The Kier molecular flexibility index (Phi) is 5.28. The zero-order valence-electron chi connectivity index (χ0n) is 16.2. The van der Waals surface area contributed by atoms with Crippen molar-refractivity contribution in [1.82, 2.24) is 10.2 Å². The Labute approximate surface area is 165 Å². The largest absolute Gasteiger partial charge is 0.485 e. The average molecular weight is 392 g/mol. The van der Waals surface area contributed by atoms with Crippen LogP contribution in [0, 0.1) is 5.82 Å². The Bertz CT molecular complexity index is 685. The summed E-state index contributed by atoms with van der Waals surface area (Å²) >= 11 is 0. The van der Waals surface area contributed by atoms with Crippen LogP contribution >= 0.6 is 0 Å². The predicted octanol–water partition coefficient (Wildman–Crippen LogP) is 1.89. The lowest BCUT2D eigenvalue weighted by atomic mass is 9.86. The molecule has 0 saturated carbocycles. The summed E-state index contributed by atoms with van der Waals surface area (Å²) in [5.74, 6) is 0.876. The van der Waals surface area contributed by atoms with Gasteiger partial charge in [0.25, 0.3) is 0 Å². The number of halogens is 1. The van der Waals surface area contributed by atoms with Crippen molar-refractivity contribution in [2.24, 2.45) is 0 Å². The van der Waals surface area contributed by atoms with Crippen molar-refractivity contribution in [2.75, 3.05) is 52.8 Å². The zero-order chi connectivity index (χ0) is 19.0. The molecule has 0 radical (unpaired) electrons. The molecule has 4 saturated heterocycles. The summed E-state index contributed by atoms with van der Waals surface area (Å²) in [4.78, 5) is 2.56. The molecule has 1 atom stereocenters.